The summed E-state index contributed by atoms with van der Waals surface area (Å²) in [6, 6.07) is 10.2. The van der Waals surface area contributed by atoms with Crippen LogP contribution in [0.4, 0.5) is 11.4 Å². The van der Waals surface area contributed by atoms with Gasteiger partial charge in [0.25, 0.3) is 11.6 Å². The van der Waals surface area contributed by atoms with Crippen molar-refractivity contribution in [3.8, 4) is 17.2 Å². The molecule has 3 aromatic rings. The monoisotopic (exact) mass is 434 g/mol. The molecule has 0 saturated heterocycles. The molecule has 3 N–H and O–H groups in total. The van der Waals surface area contributed by atoms with Gasteiger partial charge in [-0.15, -0.1) is 0 Å². The quantitative estimate of drug-likeness (QED) is 0.251. The fraction of sp³-hybridized carbons (Fsp3) is 0.0455. The van der Waals surface area contributed by atoms with Gasteiger partial charge in [0.1, 0.15) is 22.8 Å². The second kappa shape index (κ2) is 7.51. The van der Waals surface area contributed by atoms with E-state index in [4.69, 9.17) is 4.74 Å². The number of ketones is 2. The van der Waals surface area contributed by atoms with Crippen molar-refractivity contribution < 1.29 is 34.3 Å². The van der Waals surface area contributed by atoms with E-state index in [0.717, 1.165) is 18.2 Å². The standard InChI is InChI=1S/C22H14N2O8/c1-32-11-4-2-10(3-5-11)22(29)23-12-6-8-14(25)18-16(12)20(27)19-15(26)9-7-13(24(30)31)17(19)21(18)28/h2-9,25-26H,1H3,(H,23,29). The molecule has 0 saturated carbocycles. The van der Waals surface area contributed by atoms with Crippen molar-refractivity contribution in [2.24, 2.45) is 0 Å². The van der Waals surface area contributed by atoms with Crippen LogP contribution in [0.5, 0.6) is 17.2 Å². The Bertz CT molecular complexity index is 1330. The van der Waals surface area contributed by atoms with Crippen LogP contribution in [0.25, 0.3) is 0 Å². The Morgan fingerprint density at radius 1 is 0.875 bits per heavy atom. The summed E-state index contributed by atoms with van der Waals surface area (Å²) in [6.07, 6.45) is 0. The minimum absolute atomic E-state index is 0.103. The maximum absolute atomic E-state index is 13.2. The molecule has 32 heavy (non-hydrogen) atoms. The van der Waals surface area contributed by atoms with Gasteiger partial charge >= 0.3 is 0 Å². The van der Waals surface area contributed by atoms with E-state index < -0.39 is 56.3 Å². The van der Waals surface area contributed by atoms with Crippen LogP contribution in [0.15, 0.2) is 48.5 Å². The van der Waals surface area contributed by atoms with Crippen LogP contribution in [0.3, 0.4) is 0 Å². The van der Waals surface area contributed by atoms with Gasteiger partial charge in [-0.1, -0.05) is 0 Å². The first-order valence-electron chi connectivity index (χ1n) is 9.15. The molecule has 0 bridgehead atoms. The van der Waals surface area contributed by atoms with E-state index in [1.807, 2.05) is 0 Å². The van der Waals surface area contributed by atoms with E-state index >= 15 is 0 Å². The fourth-order valence-electron chi connectivity index (χ4n) is 3.54. The zero-order valence-corrected chi connectivity index (χ0v) is 16.4. The van der Waals surface area contributed by atoms with E-state index in [1.165, 1.54) is 25.3 Å². The third-order valence-corrected chi connectivity index (χ3v) is 5.05. The Kier molecular flexibility index (Phi) is 4.82. The molecule has 0 aromatic heterocycles. The van der Waals surface area contributed by atoms with Crippen molar-refractivity contribution in [3.05, 3.63) is 86.5 Å². The molecule has 4 rings (SSSR count). The number of hydrogen-bond acceptors (Lipinski definition) is 8. The van der Waals surface area contributed by atoms with Crippen LogP contribution in [0, 0.1) is 10.1 Å². The number of methoxy groups -OCH3 is 1. The smallest absolute Gasteiger partial charge is 0.281 e. The Morgan fingerprint density at radius 3 is 2.03 bits per heavy atom. The third-order valence-electron chi connectivity index (χ3n) is 5.05. The van der Waals surface area contributed by atoms with Crippen molar-refractivity contribution in [1.82, 2.24) is 0 Å². The van der Waals surface area contributed by atoms with E-state index in [-0.39, 0.29) is 16.8 Å². The second-order valence-corrected chi connectivity index (χ2v) is 6.83. The molecule has 3 aromatic carbocycles. The van der Waals surface area contributed by atoms with Crippen LogP contribution in [0.2, 0.25) is 0 Å². The number of benzene rings is 3. The highest BCUT2D eigenvalue weighted by Crippen LogP contribution is 2.42. The highest BCUT2D eigenvalue weighted by molar-refractivity contribution is 6.33. The molecule has 1 aliphatic carbocycles. The number of nitrogens with one attached hydrogen (secondary N) is 1. The Morgan fingerprint density at radius 2 is 1.44 bits per heavy atom. The number of anilines is 1. The molecule has 1 amide bonds. The molecule has 10 nitrogen and oxygen atoms in total. The Hall–Kier alpha value is -4.73. The lowest BCUT2D eigenvalue weighted by molar-refractivity contribution is -0.385. The minimum atomic E-state index is -1.02. The van der Waals surface area contributed by atoms with Crippen molar-refractivity contribution in [1.29, 1.82) is 0 Å². The normalized spacial score (nSPS) is 12.0. The molecule has 0 fully saturated rings. The number of carbonyl (C=O) groups is 3. The highest BCUT2D eigenvalue weighted by Gasteiger charge is 2.41. The second-order valence-electron chi connectivity index (χ2n) is 6.83. The summed E-state index contributed by atoms with van der Waals surface area (Å²) < 4.78 is 5.04. The SMILES string of the molecule is COc1ccc(C(=O)Nc2ccc(O)c3c2C(=O)c2c(O)ccc([N+](=O)[O-])c2C3=O)cc1. The molecule has 10 heteroatoms. The summed E-state index contributed by atoms with van der Waals surface area (Å²) in [6.45, 7) is 0. The van der Waals surface area contributed by atoms with Crippen molar-refractivity contribution in [3.63, 3.8) is 0 Å². The van der Waals surface area contributed by atoms with Crippen molar-refractivity contribution >= 4 is 28.8 Å². The van der Waals surface area contributed by atoms with Gasteiger partial charge in [-0.25, -0.2) is 0 Å². The maximum atomic E-state index is 13.2. The van der Waals surface area contributed by atoms with Gasteiger partial charge in [-0.2, -0.15) is 0 Å². The largest absolute Gasteiger partial charge is 0.507 e. The number of nitro benzene ring substituents is 1. The first-order chi connectivity index (χ1) is 15.2. The minimum Gasteiger partial charge on any atom is -0.507 e. The van der Waals surface area contributed by atoms with E-state index in [1.54, 1.807) is 12.1 Å². The van der Waals surface area contributed by atoms with E-state index in [2.05, 4.69) is 5.32 Å². The van der Waals surface area contributed by atoms with Gasteiger partial charge in [-0.3, -0.25) is 24.5 Å². The third kappa shape index (κ3) is 3.10. The number of phenols is 2. The number of carbonyl (C=O) groups excluding carboxylic acids is 3. The molecule has 0 atom stereocenters. The molecule has 0 aliphatic heterocycles. The zero-order chi connectivity index (χ0) is 23.2. The Labute approximate surface area is 179 Å². The van der Waals surface area contributed by atoms with Gasteiger partial charge in [0, 0.05) is 11.6 Å². The van der Waals surface area contributed by atoms with Crippen LogP contribution in [-0.4, -0.2) is 39.7 Å². The van der Waals surface area contributed by atoms with Crippen molar-refractivity contribution in [2.45, 2.75) is 0 Å². The summed E-state index contributed by atoms with van der Waals surface area (Å²) in [5, 5.41) is 34.3. The average Bonchev–Trinajstić information content (AvgIpc) is 2.78. The molecule has 0 spiro atoms. The van der Waals surface area contributed by atoms with E-state index in [9.17, 15) is 34.7 Å². The average molecular weight is 434 g/mol. The molecular weight excluding hydrogens is 420 g/mol. The summed E-state index contributed by atoms with van der Waals surface area (Å²) in [4.78, 5) is 49.5. The number of nitro groups is 1. The molecule has 0 unspecified atom stereocenters. The summed E-state index contributed by atoms with van der Waals surface area (Å²) in [5.41, 5.74) is -2.63. The first kappa shape index (κ1) is 20.5. The lowest BCUT2D eigenvalue weighted by atomic mass is 9.81. The van der Waals surface area contributed by atoms with Crippen LogP contribution >= 0.6 is 0 Å². The predicted molar refractivity (Wildman–Crippen MR) is 111 cm³/mol. The van der Waals surface area contributed by atoms with Crippen LogP contribution in [-0.2, 0) is 0 Å². The number of phenolic OH excluding ortho intramolecular Hbond substituents is 2. The number of amides is 1. The summed E-state index contributed by atoms with van der Waals surface area (Å²) >= 11 is 0. The summed E-state index contributed by atoms with van der Waals surface area (Å²) in [7, 11) is 1.47. The summed E-state index contributed by atoms with van der Waals surface area (Å²) in [5.74, 6) is -3.28. The number of aromatic hydroxyl groups is 2. The number of nitrogens with zero attached hydrogens (tertiary/aromatic N) is 1. The van der Waals surface area contributed by atoms with Gasteiger partial charge in [-0.05, 0) is 42.5 Å². The number of rotatable bonds is 4. The van der Waals surface area contributed by atoms with Crippen LogP contribution < -0.4 is 10.1 Å². The lowest BCUT2D eigenvalue weighted by Crippen LogP contribution is -2.25. The Balaban J connectivity index is 1.84. The molecular formula is C22H14N2O8. The molecule has 160 valence electrons. The number of fused-ring (bicyclic) bond motifs is 2. The number of ether oxygens (including phenoxy) is 1. The molecule has 1 aliphatic rings. The number of hydrogen-bond donors (Lipinski definition) is 3. The molecule has 0 radical (unpaired) electrons. The molecule has 0 heterocycles. The highest BCUT2D eigenvalue weighted by atomic mass is 16.6. The van der Waals surface area contributed by atoms with Crippen LogP contribution in [0.1, 0.15) is 42.2 Å². The van der Waals surface area contributed by atoms with Gasteiger partial charge in [0.05, 0.1) is 34.4 Å². The first-order valence-corrected chi connectivity index (χ1v) is 9.15. The fourth-order valence-corrected chi connectivity index (χ4v) is 3.54. The van der Waals surface area contributed by atoms with E-state index in [0.29, 0.717) is 5.75 Å². The zero-order valence-electron chi connectivity index (χ0n) is 16.4. The van der Waals surface area contributed by atoms with Gasteiger partial charge in [0.2, 0.25) is 11.6 Å². The van der Waals surface area contributed by atoms with Gasteiger partial charge < -0.3 is 20.3 Å². The van der Waals surface area contributed by atoms with Gasteiger partial charge in [0.15, 0.2) is 0 Å². The lowest BCUT2D eigenvalue weighted by Gasteiger charge is -2.22. The predicted octanol–water partition coefficient (Wildman–Crippen LogP) is 3.04. The topological polar surface area (TPSA) is 156 Å². The maximum Gasteiger partial charge on any atom is 0.281 e. The van der Waals surface area contributed by atoms with Crippen molar-refractivity contribution in [2.75, 3.05) is 12.4 Å².